The molecule has 6 nitrogen and oxygen atoms in total. The second kappa shape index (κ2) is 9.77. The van der Waals surface area contributed by atoms with Gasteiger partial charge in [-0.3, -0.25) is 4.98 Å². The summed E-state index contributed by atoms with van der Waals surface area (Å²) in [5.41, 5.74) is 1.81. The van der Waals surface area contributed by atoms with Crippen molar-refractivity contribution < 1.29 is 13.2 Å². The highest BCUT2D eigenvalue weighted by atomic mass is 32.2. The van der Waals surface area contributed by atoms with Crippen molar-refractivity contribution in [2.45, 2.75) is 31.1 Å². The number of benzene rings is 1. The van der Waals surface area contributed by atoms with Gasteiger partial charge in [-0.05, 0) is 42.8 Å². The molecule has 0 fully saturated rings. The smallest absolute Gasteiger partial charge is 0.240 e. The van der Waals surface area contributed by atoms with E-state index in [1.165, 1.54) is 11.3 Å². The zero-order valence-electron chi connectivity index (χ0n) is 15.7. The SMILES string of the molecule is CCCCOc1ccc(S(=O)(=O)NCCc2csc(-c3cccnc3)n2)cc1. The number of rotatable bonds is 10. The maximum absolute atomic E-state index is 12.4. The number of hydrogen-bond donors (Lipinski definition) is 1. The van der Waals surface area contributed by atoms with Gasteiger partial charge in [-0.25, -0.2) is 18.1 Å². The first-order valence-corrected chi connectivity index (χ1v) is 11.5. The van der Waals surface area contributed by atoms with Crippen molar-refractivity contribution in [2.75, 3.05) is 13.2 Å². The maximum atomic E-state index is 12.4. The molecule has 0 radical (unpaired) electrons. The minimum absolute atomic E-state index is 0.227. The van der Waals surface area contributed by atoms with Gasteiger partial charge in [0.2, 0.25) is 10.0 Å². The molecule has 3 rings (SSSR count). The Morgan fingerprint density at radius 3 is 2.71 bits per heavy atom. The van der Waals surface area contributed by atoms with Gasteiger partial charge in [0.05, 0.1) is 17.2 Å². The van der Waals surface area contributed by atoms with E-state index in [1.807, 2.05) is 17.5 Å². The summed E-state index contributed by atoms with van der Waals surface area (Å²) in [6.07, 6.45) is 6.03. The van der Waals surface area contributed by atoms with Crippen molar-refractivity contribution in [1.29, 1.82) is 0 Å². The molecule has 0 bridgehead atoms. The second-order valence-corrected chi connectivity index (χ2v) is 8.83. The molecule has 0 amide bonds. The number of pyridine rings is 1. The number of thiazole rings is 1. The van der Waals surface area contributed by atoms with Crippen LogP contribution in [0.5, 0.6) is 5.75 Å². The van der Waals surface area contributed by atoms with E-state index in [9.17, 15) is 8.42 Å². The minimum Gasteiger partial charge on any atom is -0.494 e. The molecule has 1 aromatic carbocycles. The third kappa shape index (κ3) is 5.60. The van der Waals surface area contributed by atoms with E-state index in [2.05, 4.69) is 21.6 Å². The van der Waals surface area contributed by atoms with E-state index in [-0.39, 0.29) is 11.4 Å². The van der Waals surface area contributed by atoms with Crippen LogP contribution >= 0.6 is 11.3 Å². The molecule has 28 heavy (non-hydrogen) atoms. The normalized spacial score (nSPS) is 11.5. The molecule has 0 spiro atoms. The van der Waals surface area contributed by atoms with Crippen LogP contribution in [0.25, 0.3) is 10.6 Å². The molecule has 1 N–H and O–H groups in total. The summed E-state index contributed by atoms with van der Waals surface area (Å²) in [6.45, 7) is 3.01. The molecule has 0 unspecified atom stereocenters. The maximum Gasteiger partial charge on any atom is 0.240 e. The number of hydrogen-bond acceptors (Lipinski definition) is 6. The predicted octanol–water partition coefficient (Wildman–Crippen LogP) is 3.91. The number of aromatic nitrogens is 2. The van der Waals surface area contributed by atoms with Gasteiger partial charge >= 0.3 is 0 Å². The minimum atomic E-state index is -3.56. The summed E-state index contributed by atoms with van der Waals surface area (Å²) in [7, 11) is -3.56. The Morgan fingerprint density at radius 2 is 2.00 bits per heavy atom. The van der Waals surface area contributed by atoms with Crippen LogP contribution in [0.2, 0.25) is 0 Å². The van der Waals surface area contributed by atoms with Crippen LogP contribution in [0.3, 0.4) is 0 Å². The van der Waals surface area contributed by atoms with Gasteiger partial charge in [0, 0.05) is 36.3 Å². The summed E-state index contributed by atoms with van der Waals surface area (Å²) in [5, 5.41) is 2.82. The standard InChI is InChI=1S/C20H23N3O3S2/c1-2-3-13-26-18-6-8-19(9-7-18)28(24,25)22-12-10-17-15-27-20(23-17)16-5-4-11-21-14-16/h4-9,11,14-15,22H,2-3,10,12-13H2,1H3. The Balaban J connectivity index is 1.53. The fourth-order valence-electron chi connectivity index (χ4n) is 2.49. The Morgan fingerprint density at radius 1 is 1.18 bits per heavy atom. The summed E-state index contributed by atoms with van der Waals surface area (Å²) in [4.78, 5) is 8.86. The number of sulfonamides is 1. The lowest BCUT2D eigenvalue weighted by Gasteiger charge is -2.08. The topological polar surface area (TPSA) is 81.2 Å². The van der Waals surface area contributed by atoms with Crippen molar-refractivity contribution in [3.8, 4) is 16.3 Å². The zero-order chi connectivity index (χ0) is 19.8. The van der Waals surface area contributed by atoms with E-state index in [1.54, 1.807) is 36.7 Å². The molecular weight excluding hydrogens is 394 g/mol. The van der Waals surface area contributed by atoms with Crippen LogP contribution in [-0.4, -0.2) is 31.5 Å². The lowest BCUT2D eigenvalue weighted by molar-refractivity contribution is 0.309. The first-order chi connectivity index (χ1) is 13.6. The largest absolute Gasteiger partial charge is 0.494 e. The van der Waals surface area contributed by atoms with Crippen LogP contribution in [0.15, 0.2) is 59.1 Å². The van der Waals surface area contributed by atoms with Crippen molar-refractivity contribution in [3.05, 3.63) is 59.9 Å². The summed E-state index contributed by atoms with van der Waals surface area (Å²) in [6, 6.07) is 10.3. The Labute approximate surface area is 169 Å². The third-order valence-corrected chi connectivity index (χ3v) is 6.45. The van der Waals surface area contributed by atoms with Crippen molar-refractivity contribution in [3.63, 3.8) is 0 Å². The molecule has 0 aliphatic carbocycles. The van der Waals surface area contributed by atoms with Crippen LogP contribution in [0.4, 0.5) is 0 Å². The molecule has 0 aliphatic heterocycles. The molecule has 0 saturated carbocycles. The van der Waals surface area contributed by atoms with E-state index in [0.29, 0.717) is 18.8 Å². The van der Waals surface area contributed by atoms with Crippen LogP contribution < -0.4 is 9.46 Å². The first-order valence-electron chi connectivity index (χ1n) is 9.16. The zero-order valence-corrected chi connectivity index (χ0v) is 17.3. The first kappa shape index (κ1) is 20.4. The van der Waals surface area contributed by atoms with E-state index in [0.717, 1.165) is 29.1 Å². The Bertz CT molecular complexity index is 971. The van der Waals surface area contributed by atoms with Gasteiger partial charge in [0.25, 0.3) is 0 Å². The highest BCUT2D eigenvalue weighted by molar-refractivity contribution is 7.89. The third-order valence-electron chi connectivity index (χ3n) is 4.03. The highest BCUT2D eigenvalue weighted by Crippen LogP contribution is 2.22. The number of nitrogens with one attached hydrogen (secondary N) is 1. The molecule has 0 aliphatic rings. The summed E-state index contributed by atoms with van der Waals surface area (Å²) in [5.74, 6) is 0.679. The van der Waals surface area contributed by atoms with E-state index < -0.39 is 10.0 Å². The number of nitrogens with zero attached hydrogens (tertiary/aromatic N) is 2. The van der Waals surface area contributed by atoms with Gasteiger partial charge < -0.3 is 4.74 Å². The van der Waals surface area contributed by atoms with Gasteiger partial charge in [-0.2, -0.15) is 0 Å². The molecule has 8 heteroatoms. The van der Waals surface area contributed by atoms with E-state index >= 15 is 0 Å². The molecule has 2 aromatic heterocycles. The monoisotopic (exact) mass is 417 g/mol. The Hall–Kier alpha value is -2.29. The second-order valence-electron chi connectivity index (χ2n) is 6.21. The van der Waals surface area contributed by atoms with Crippen LogP contribution in [0.1, 0.15) is 25.5 Å². The summed E-state index contributed by atoms with van der Waals surface area (Å²) < 4.78 is 33.1. The van der Waals surface area contributed by atoms with E-state index in [4.69, 9.17) is 4.74 Å². The van der Waals surface area contributed by atoms with Crippen molar-refractivity contribution in [1.82, 2.24) is 14.7 Å². The molecule has 148 valence electrons. The number of unbranched alkanes of at least 4 members (excludes halogenated alkanes) is 1. The average Bonchev–Trinajstić information content (AvgIpc) is 3.18. The van der Waals surface area contributed by atoms with Crippen LogP contribution in [-0.2, 0) is 16.4 Å². The molecule has 3 aromatic rings. The quantitative estimate of drug-likeness (QED) is 0.506. The van der Waals surface area contributed by atoms with Gasteiger partial charge in [0.15, 0.2) is 0 Å². The van der Waals surface area contributed by atoms with Gasteiger partial charge in [0.1, 0.15) is 10.8 Å². The average molecular weight is 418 g/mol. The number of ether oxygens (including phenoxy) is 1. The summed E-state index contributed by atoms with van der Waals surface area (Å²) >= 11 is 1.52. The molecular formula is C20H23N3O3S2. The lowest BCUT2D eigenvalue weighted by atomic mass is 10.3. The predicted molar refractivity (Wildman–Crippen MR) is 111 cm³/mol. The Kier molecular flexibility index (Phi) is 7.13. The van der Waals surface area contributed by atoms with Gasteiger partial charge in [-0.15, -0.1) is 11.3 Å². The van der Waals surface area contributed by atoms with Crippen molar-refractivity contribution in [2.24, 2.45) is 0 Å². The van der Waals surface area contributed by atoms with Crippen LogP contribution in [0, 0.1) is 0 Å². The van der Waals surface area contributed by atoms with Crippen molar-refractivity contribution >= 4 is 21.4 Å². The fraction of sp³-hybridized carbons (Fsp3) is 0.300. The molecule has 0 saturated heterocycles. The fourth-order valence-corrected chi connectivity index (χ4v) is 4.37. The lowest BCUT2D eigenvalue weighted by Crippen LogP contribution is -2.26. The highest BCUT2D eigenvalue weighted by Gasteiger charge is 2.14. The molecule has 2 heterocycles. The molecule has 0 atom stereocenters. The van der Waals surface area contributed by atoms with Gasteiger partial charge in [-0.1, -0.05) is 13.3 Å².